The van der Waals surface area contributed by atoms with Gasteiger partial charge in [0.2, 0.25) is 5.16 Å². The lowest BCUT2D eigenvalue weighted by molar-refractivity contribution is -0.396. The minimum Gasteiger partial charge on any atom is -0.258 e. The lowest BCUT2D eigenvalue weighted by Gasteiger charge is -2.10. The molecule has 4 rings (SSSR count). The molecule has 1 aromatic heterocycles. The maximum Gasteiger partial charge on any atom is 0.290 e. The van der Waals surface area contributed by atoms with Crippen molar-refractivity contribution in [1.29, 1.82) is 0 Å². The van der Waals surface area contributed by atoms with Crippen molar-refractivity contribution < 1.29 is 9.85 Å². The van der Waals surface area contributed by atoms with Crippen LogP contribution in [0, 0.1) is 20.2 Å². The first-order valence-corrected chi connectivity index (χ1v) is 11.6. The van der Waals surface area contributed by atoms with Crippen LogP contribution in [-0.4, -0.2) is 25.0 Å². The Morgan fingerprint density at radius 3 is 1.85 bits per heavy atom. The van der Waals surface area contributed by atoms with Crippen molar-refractivity contribution in [3.8, 4) is 22.5 Å². The highest BCUT2D eigenvalue weighted by Crippen LogP contribution is 2.37. The highest BCUT2D eigenvalue weighted by atomic mass is 79.9. The van der Waals surface area contributed by atoms with E-state index in [-0.39, 0.29) is 15.7 Å². The van der Waals surface area contributed by atoms with Crippen molar-refractivity contribution in [2.45, 2.75) is 10.1 Å². The van der Waals surface area contributed by atoms with Gasteiger partial charge in [0, 0.05) is 26.1 Å². The highest BCUT2D eigenvalue weighted by Gasteiger charge is 2.22. The van der Waals surface area contributed by atoms with Crippen LogP contribution in [-0.2, 0) is 0 Å². The predicted molar refractivity (Wildman–Crippen MR) is 130 cm³/mol. The van der Waals surface area contributed by atoms with Gasteiger partial charge in [-0.05, 0) is 42.1 Å². The van der Waals surface area contributed by atoms with E-state index in [0.717, 1.165) is 37.9 Å². The Balaban J connectivity index is 1.80. The van der Waals surface area contributed by atoms with Crippen LogP contribution in [0.25, 0.3) is 22.5 Å². The third-order valence-corrected chi connectivity index (χ3v) is 6.43. The smallest absolute Gasteiger partial charge is 0.258 e. The van der Waals surface area contributed by atoms with Crippen LogP contribution in [0.4, 0.5) is 11.4 Å². The summed E-state index contributed by atoms with van der Waals surface area (Å²) in [6.45, 7) is 0. The first kappa shape index (κ1) is 23.0. The fourth-order valence-electron chi connectivity index (χ4n) is 2.91. The maximum absolute atomic E-state index is 11.5. The minimum atomic E-state index is -0.682. The first-order valence-electron chi connectivity index (χ1n) is 9.19. The predicted octanol–water partition coefficient (Wildman–Crippen LogP) is 6.70. The monoisotopic (exact) mass is 587 g/mol. The van der Waals surface area contributed by atoms with Gasteiger partial charge in [-0.15, -0.1) is 10.2 Å². The zero-order chi connectivity index (χ0) is 23.5. The van der Waals surface area contributed by atoms with Gasteiger partial charge in [0.15, 0.2) is 0 Å². The van der Waals surface area contributed by atoms with E-state index in [1.807, 2.05) is 48.5 Å². The second-order valence-corrected chi connectivity index (χ2v) is 9.41. The van der Waals surface area contributed by atoms with E-state index in [2.05, 4.69) is 47.0 Å². The van der Waals surface area contributed by atoms with Gasteiger partial charge < -0.3 is 0 Å². The van der Waals surface area contributed by atoms with Crippen molar-refractivity contribution >= 4 is 55.0 Å². The number of nitro benzene ring substituents is 2. The zero-order valence-electron chi connectivity index (χ0n) is 16.4. The Labute approximate surface area is 207 Å². The van der Waals surface area contributed by atoms with Crippen molar-refractivity contribution in [2.24, 2.45) is 0 Å². The summed E-state index contributed by atoms with van der Waals surface area (Å²) in [6, 6.07) is 18.4. The molecule has 0 bridgehead atoms. The molecule has 0 atom stereocenters. The van der Waals surface area contributed by atoms with E-state index in [0.29, 0.717) is 11.4 Å². The second kappa shape index (κ2) is 9.73. The Morgan fingerprint density at radius 2 is 1.30 bits per heavy atom. The minimum absolute atomic E-state index is 0.172. The molecule has 9 nitrogen and oxygen atoms in total. The molecule has 1 heterocycles. The third-order valence-electron chi connectivity index (χ3n) is 4.45. The van der Waals surface area contributed by atoms with Crippen LogP contribution >= 0.6 is 43.6 Å². The Kier molecular flexibility index (Phi) is 6.77. The van der Waals surface area contributed by atoms with Crippen LogP contribution < -0.4 is 0 Å². The van der Waals surface area contributed by atoms with E-state index in [9.17, 15) is 20.2 Å². The Morgan fingerprint density at radius 1 is 0.727 bits per heavy atom. The third kappa shape index (κ3) is 5.24. The standard InChI is InChI=1S/C21H11Br2N5O4S/c22-14-5-1-12(2-6-14)19-20(13-3-7-15(23)8-4-13)25-26-21(24-19)33-18-10-9-16(27(29)30)11-17(18)28(31)32/h1-11H. The molecule has 33 heavy (non-hydrogen) atoms. The van der Waals surface area contributed by atoms with Gasteiger partial charge in [0.25, 0.3) is 11.4 Å². The fourth-order valence-corrected chi connectivity index (χ4v) is 4.23. The van der Waals surface area contributed by atoms with Gasteiger partial charge in [-0.3, -0.25) is 20.2 Å². The molecular weight excluding hydrogens is 578 g/mol. The average Bonchev–Trinajstić information content (AvgIpc) is 2.80. The zero-order valence-corrected chi connectivity index (χ0v) is 20.4. The number of hydrogen-bond acceptors (Lipinski definition) is 8. The van der Waals surface area contributed by atoms with Crippen molar-refractivity contribution in [3.05, 3.63) is 95.9 Å². The topological polar surface area (TPSA) is 125 Å². The summed E-state index contributed by atoms with van der Waals surface area (Å²) in [5.74, 6) is 0. The summed E-state index contributed by atoms with van der Waals surface area (Å²) in [5, 5.41) is 31.2. The Hall–Kier alpha value is -3.22. The molecule has 3 aromatic carbocycles. The van der Waals surface area contributed by atoms with Crippen LogP contribution in [0.5, 0.6) is 0 Å². The summed E-state index contributed by atoms with van der Waals surface area (Å²) < 4.78 is 1.81. The molecule has 0 saturated carbocycles. The molecule has 0 fully saturated rings. The molecule has 0 unspecified atom stereocenters. The van der Waals surface area contributed by atoms with Crippen LogP contribution in [0.15, 0.2) is 85.7 Å². The van der Waals surface area contributed by atoms with Gasteiger partial charge in [-0.2, -0.15) is 0 Å². The molecule has 0 spiro atoms. The summed E-state index contributed by atoms with van der Waals surface area (Å²) in [7, 11) is 0. The van der Waals surface area contributed by atoms with Crippen molar-refractivity contribution in [2.75, 3.05) is 0 Å². The molecule has 0 radical (unpaired) electrons. The van der Waals surface area contributed by atoms with E-state index in [1.54, 1.807) is 0 Å². The van der Waals surface area contributed by atoms with Gasteiger partial charge in [-0.25, -0.2) is 4.98 Å². The highest BCUT2D eigenvalue weighted by molar-refractivity contribution is 9.10. The first-order chi connectivity index (χ1) is 15.8. The largest absolute Gasteiger partial charge is 0.290 e. The molecule has 0 aliphatic rings. The summed E-state index contributed by atoms with van der Waals surface area (Å²) >= 11 is 7.74. The maximum atomic E-state index is 11.5. The fraction of sp³-hybridized carbons (Fsp3) is 0. The van der Waals surface area contributed by atoms with Crippen molar-refractivity contribution in [1.82, 2.24) is 15.2 Å². The number of rotatable bonds is 6. The molecule has 164 valence electrons. The molecule has 0 aliphatic heterocycles. The molecule has 0 saturated heterocycles. The molecule has 4 aromatic rings. The number of halogens is 2. The quantitative estimate of drug-likeness (QED) is 0.180. The number of nitrogens with zero attached hydrogens (tertiary/aromatic N) is 5. The number of hydrogen-bond donors (Lipinski definition) is 0. The van der Waals surface area contributed by atoms with E-state index in [1.165, 1.54) is 12.1 Å². The number of benzene rings is 3. The number of nitro groups is 2. The van der Waals surface area contributed by atoms with Gasteiger partial charge in [-0.1, -0.05) is 56.1 Å². The molecule has 0 aliphatic carbocycles. The van der Waals surface area contributed by atoms with Gasteiger partial charge in [0.1, 0.15) is 11.4 Å². The van der Waals surface area contributed by atoms with Crippen LogP contribution in [0.3, 0.4) is 0 Å². The lowest BCUT2D eigenvalue weighted by Crippen LogP contribution is -2.00. The van der Waals surface area contributed by atoms with Gasteiger partial charge in [0.05, 0.1) is 20.8 Å². The summed E-state index contributed by atoms with van der Waals surface area (Å²) in [5.41, 5.74) is 1.91. The number of aromatic nitrogens is 3. The SMILES string of the molecule is O=[N+]([O-])c1ccc(Sc2nnc(-c3ccc(Br)cc3)c(-c3ccc(Br)cc3)n2)c([N+](=O)[O-])c1. The molecular formula is C21H11Br2N5O4S. The van der Waals surface area contributed by atoms with Gasteiger partial charge >= 0.3 is 0 Å². The van der Waals surface area contributed by atoms with E-state index in [4.69, 9.17) is 0 Å². The van der Waals surface area contributed by atoms with Crippen molar-refractivity contribution in [3.63, 3.8) is 0 Å². The summed E-state index contributed by atoms with van der Waals surface area (Å²) in [6.07, 6.45) is 0. The molecule has 12 heteroatoms. The second-order valence-electron chi connectivity index (χ2n) is 6.57. The Bertz CT molecular complexity index is 1370. The summed E-state index contributed by atoms with van der Waals surface area (Å²) in [4.78, 5) is 25.9. The number of non-ortho nitro benzene ring substituents is 1. The molecule has 0 N–H and O–H groups in total. The van der Waals surface area contributed by atoms with Crippen LogP contribution in [0.1, 0.15) is 0 Å². The van der Waals surface area contributed by atoms with E-state index < -0.39 is 15.5 Å². The normalized spacial score (nSPS) is 10.7. The van der Waals surface area contributed by atoms with E-state index >= 15 is 0 Å². The lowest BCUT2D eigenvalue weighted by atomic mass is 10.0. The van der Waals surface area contributed by atoms with Crippen LogP contribution in [0.2, 0.25) is 0 Å². The average molecular weight is 589 g/mol. The molecule has 0 amide bonds.